The number of fused-ring (bicyclic) bond motifs is 2. The molecule has 4 heterocycles. The Labute approximate surface area is 95.9 Å². The zero-order chi connectivity index (χ0) is 10.9. The van der Waals surface area contributed by atoms with Crippen molar-refractivity contribution in [1.29, 1.82) is 0 Å². The molecule has 4 aliphatic rings. The molecule has 0 saturated heterocycles. The van der Waals surface area contributed by atoms with Crippen LogP contribution in [0.2, 0.25) is 0 Å². The van der Waals surface area contributed by atoms with Gasteiger partial charge in [0.1, 0.15) is 5.75 Å². The van der Waals surface area contributed by atoms with Gasteiger partial charge in [-0.2, -0.15) is 0 Å². The van der Waals surface area contributed by atoms with Crippen molar-refractivity contribution in [2.75, 3.05) is 0 Å². The quantitative estimate of drug-likeness (QED) is 0.615. The first-order valence-corrected chi connectivity index (χ1v) is 7.55. The van der Waals surface area contributed by atoms with Gasteiger partial charge in [-0.15, -0.1) is 0 Å². The molecule has 1 aromatic carbocycles. The second-order valence-electron chi connectivity index (χ2n) is 4.72. The molecule has 0 fully saturated rings. The van der Waals surface area contributed by atoms with Gasteiger partial charge in [0, 0.05) is 0 Å². The molecule has 0 aliphatic carbocycles. The van der Waals surface area contributed by atoms with Crippen molar-refractivity contribution in [1.82, 2.24) is 0 Å². The Morgan fingerprint density at radius 2 is 1.44 bits per heavy atom. The first-order valence-electron chi connectivity index (χ1n) is 5.64. The Bertz CT molecular complexity index is 574. The summed E-state index contributed by atoms with van der Waals surface area (Å²) in [6, 6.07) is 8.64. The summed E-state index contributed by atoms with van der Waals surface area (Å²) in [6.45, 7) is 4.44. The van der Waals surface area contributed by atoms with Crippen molar-refractivity contribution in [3.05, 3.63) is 58.0 Å². The van der Waals surface area contributed by atoms with Gasteiger partial charge >= 0.3 is 8.32 Å². The van der Waals surface area contributed by atoms with E-state index < -0.39 is 8.32 Å². The van der Waals surface area contributed by atoms with E-state index in [1.807, 2.05) is 0 Å². The van der Waals surface area contributed by atoms with E-state index >= 15 is 0 Å². The molecule has 0 aromatic heterocycles. The monoisotopic (exact) mass is 224 g/mol. The minimum absolute atomic E-state index is 1.03. The smallest absolute Gasteiger partial charge is 0.347 e. The molecule has 0 atom stereocenters. The lowest BCUT2D eigenvalue weighted by molar-refractivity contribution is 0.564. The van der Waals surface area contributed by atoms with Crippen LogP contribution in [-0.4, -0.2) is 8.32 Å². The Hall–Kier alpha value is -1.54. The number of hydrogen-bond acceptors (Lipinski definition) is 1. The molecule has 16 heavy (non-hydrogen) atoms. The lowest BCUT2D eigenvalue weighted by atomic mass is 10.1. The van der Waals surface area contributed by atoms with Gasteiger partial charge in [-0.05, 0) is 52.7 Å². The van der Waals surface area contributed by atoms with Gasteiger partial charge in [-0.25, -0.2) is 0 Å². The Morgan fingerprint density at radius 3 is 1.88 bits per heavy atom. The Kier molecular flexibility index (Phi) is 1.29. The van der Waals surface area contributed by atoms with Crippen LogP contribution in [0.5, 0.6) is 5.75 Å². The van der Waals surface area contributed by atoms with Crippen LogP contribution in [0.1, 0.15) is 13.8 Å². The van der Waals surface area contributed by atoms with Crippen LogP contribution in [0.4, 0.5) is 0 Å². The van der Waals surface area contributed by atoms with E-state index in [1.165, 1.54) is 26.7 Å². The van der Waals surface area contributed by atoms with Crippen LogP contribution in [0.3, 0.4) is 0 Å². The fourth-order valence-electron chi connectivity index (χ4n) is 3.14. The van der Waals surface area contributed by atoms with Crippen LogP contribution in [0, 0.1) is 0 Å². The van der Waals surface area contributed by atoms with E-state index in [0.717, 1.165) is 5.75 Å². The lowest BCUT2D eigenvalue weighted by Gasteiger charge is -2.33. The predicted molar refractivity (Wildman–Crippen MR) is 67.0 cm³/mol. The SMILES string of the molecule is CC1=C2C=CC(=C1C)[Si]21Oc2ccc1cc2. The van der Waals surface area contributed by atoms with Crippen LogP contribution >= 0.6 is 0 Å². The molecule has 0 saturated carbocycles. The standard InChI is InChI=1S/C14H12OSi/c1-9-10(2)14-8-7-13(9)16(14)12-5-3-11(15-16)4-6-12/h3-8H,1-2H3. The molecule has 5 rings (SSSR count). The summed E-state index contributed by atoms with van der Waals surface area (Å²) < 4.78 is 6.33. The molecule has 4 bridgehead atoms. The molecule has 0 unspecified atom stereocenters. The highest BCUT2D eigenvalue weighted by Crippen LogP contribution is 2.46. The zero-order valence-electron chi connectivity index (χ0n) is 9.37. The summed E-state index contributed by atoms with van der Waals surface area (Å²) in [7, 11) is -1.97. The third kappa shape index (κ3) is 0.696. The van der Waals surface area contributed by atoms with Crippen molar-refractivity contribution in [3.8, 4) is 5.75 Å². The molecular weight excluding hydrogens is 212 g/mol. The van der Waals surface area contributed by atoms with Gasteiger partial charge in [0.05, 0.1) is 0 Å². The molecule has 1 aromatic rings. The zero-order valence-corrected chi connectivity index (χ0v) is 10.4. The molecule has 4 aliphatic heterocycles. The van der Waals surface area contributed by atoms with Gasteiger partial charge in [0.25, 0.3) is 0 Å². The average Bonchev–Trinajstić information content (AvgIpc) is 2.74. The van der Waals surface area contributed by atoms with Crippen LogP contribution < -0.4 is 9.61 Å². The summed E-state index contributed by atoms with van der Waals surface area (Å²) in [5.41, 5.74) is 2.87. The van der Waals surface area contributed by atoms with Crippen molar-refractivity contribution in [3.63, 3.8) is 0 Å². The molecular formula is C14H12OSi. The molecule has 0 radical (unpaired) electrons. The molecule has 78 valence electrons. The Morgan fingerprint density at radius 1 is 0.875 bits per heavy atom. The highest BCUT2D eigenvalue weighted by Gasteiger charge is 2.55. The maximum atomic E-state index is 6.33. The third-order valence-electron chi connectivity index (χ3n) is 4.08. The third-order valence-corrected chi connectivity index (χ3v) is 8.37. The fraction of sp³-hybridized carbons (Fsp3) is 0.143. The van der Waals surface area contributed by atoms with Crippen molar-refractivity contribution >= 4 is 13.5 Å². The lowest BCUT2D eigenvalue weighted by Crippen LogP contribution is -2.56. The topological polar surface area (TPSA) is 9.23 Å². The first-order chi connectivity index (χ1) is 7.73. The molecule has 1 spiro atoms. The normalized spacial score (nSPS) is 22.6. The second-order valence-corrected chi connectivity index (χ2v) is 7.94. The minimum atomic E-state index is -1.97. The van der Waals surface area contributed by atoms with Gasteiger partial charge in [-0.3, -0.25) is 0 Å². The summed E-state index contributed by atoms with van der Waals surface area (Å²) >= 11 is 0. The van der Waals surface area contributed by atoms with E-state index in [9.17, 15) is 0 Å². The fourth-order valence-corrected chi connectivity index (χ4v) is 7.59. The summed E-state index contributed by atoms with van der Waals surface area (Å²) in [5.74, 6) is 1.03. The van der Waals surface area contributed by atoms with Crippen molar-refractivity contribution in [2.45, 2.75) is 13.8 Å². The average molecular weight is 224 g/mol. The predicted octanol–water partition coefficient (Wildman–Crippen LogP) is 2.53. The van der Waals surface area contributed by atoms with Crippen LogP contribution in [-0.2, 0) is 0 Å². The van der Waals surface area contributed by atoms with Gasteiger partial charge in [0.2, 0.25) is 0 Å². The van der Waals surface area contributed by atoms with Crippen LogP contribution in [0.25, 0.3) is 0 Å². The highest BCUT2D eigenvalue weighted by molar-refractivity contribution is 7.02. The minimum Gasteiger partial charge on any atom is -0.530 e. The summed E-state index contributed by atoms with van der Waals surface area (Å²) in [5, 5.41) is 4.32. The van der Waals surface area contributed by atoms with E-state index in [2.05, 4.69) is 50.3 Å². The van der Waals surface area contributed by atoms with E-state index in [4.69, 9.17) is 4.43 Å². The highest BCUT2D eigenvalue weighted by atomic mass is 28.4. The largest absolute Gasteiger partial charge is 0.530 e. The molecule has 1 nitrogen and oxygen atoms in total. The number of hydrogen-bond donors (Lipinski definition) is 0. The molecule has 2 heteroatoms. The number of rotatable bonds is 0. The van der Waals surface area contributed by atoms with Crippen LogP contribution in [0.15, 0.2) is 58.0 Å². The van der Waals surface area contributed by atoms with E-state index in [-0.39, 0.29) is 0 Å². The van der Waals surface area contributed by atoms with Crippen molar-refractivity contribution in [2.24, 2.45) is 0 Å². The van der Waals surface area contributed by atoms with Gasteiger partial charge < -0.3 is 4.43 Å². The molecule has 0 N–H and O–H groups in total. The summed E-state index contributed by atoms with van der Waals surface area (Å²) in [6.07, 6.45) is 4.53. The first kappa shape index (κ1) is 8.59. The Balaban J connectivity index is 2.09. The summed E-state index contributed by atoms with van der Waals surface area (Å²) in [4.78, 5) is 0. The maximum absolute atomic E-state index is 6.33. The maximum Gasteiger partial charge on any atom is 0.347 e. The van der Waals surface area contributed by atoms with Gasteiger partial charge in [-0.1, -0.05) is 24.3 Å². The number of benzene rings is 1. The van der Waals surface area contributed by atoms with Gasteiger partial charge in [0.15, 0.2) is 0 Å². The second kappa shape index (κ2) is 2.41. The van der Waals surface area contributed by atoms with E-state index in [0.29, 0.717) is 0 Å². The number of allylic oxidation sites excluding steroid dienone is 6. The molecule has 0 amide bonds. The van der Waals surface area contributed by atoms with Crippen molar-refractivity contribution < 1.29 is 4.43 Å². The van der Waals surface area contributed by atoms with E-state index in [1.54, 1.807) is 0 Å².